The number of hydrogen-bond donors (Lipinski definition) is 2. The number of methoxy groups -OCH3 is 1. The molecule has 0 saturated carbocycles. The van der Waals surface area contributed by atoms with Crippen LogP contribution >= 0.6 is 0 Å². The van der Waals surface area contributed by atoms with Crippen molar-refractivity contribution in [3.8, 4) is 0 Å². The van der Waals surface area contributed by atoms with Crippen molar-refractivity contribution in [2.45, 2.75) is 32.3 Å². The zero-order chi connectivity index (χ0) is 15.0. The summed E-state index contributed by atoms with van der Waals surface area (Å²) < 4.78 is 4.98. The van der Waals surface area contributed by atoms with Crippen molar-refractivity contribution in [2.75, 3.05) is 20.3 Å². The van der Waals surface area contributed by atoms with Gasteiger partial charge in [0.1, 0.15) is 0 Å². The minimum absolute atomic E-state index is 0.0154. The second-order valence-corrected chi connectivity index (χ2v) is 5.29. The van der Waals surface area contributed by atoms with Gasteiger partial charge in [0.25, 0.3) is 0 Å². The summed E-state index contributed by atoms with van der Waals surface area (Å²) in [7, 11) is 1.59. The number of benzene rings is 1. The summed E-state index contributed by atoms with van der Waals surface area (Å²) in [5.41, 5.74) is 1.13. The van der Waals surface area contributed by atoms with Crippen LogP contribution in [-0.4, -0.2) is 37.4 Å². The third-order valence-electron chi connectivity index (χ3n) is 3.28. The zero-order valence-electron chi connectivity index (χ0n) is 12.5. The number of ether oxygens (including phenoxy) is 1. The monoisotopic (exact) mass is 279 g/mol. The van der Waals surface area contributed by atoms with Crippen molar-refractivity contribution in [3.05, 3.63) is 35.9 Å². The molecule has 0 radical (unpaired) electrons. The number of nitrogens with one attached hydrogen (secondary N) is 1. The summed E-state index contributed by atoms with van der Waals surface area (Å²) in [6.45, 7) is 4.55. The Morgan fingerprint density at radius 3 is 2.50 bits per heavy atom. The highest BCUT2D eigenvalue weighted by molar-refractivity contribution is 5.78. The number of hydrogen-bond acceptors (Lipinski definition) is 3. The van der Waals surface area contributed by atoms with Crippen molar-refractivity contribution in [2.24, 2.45) is 5.92 Å². The van der Waals surface area contributed by atoms with Gasteiger partial charge in [-0.25, -0.2) is 0 Å². The fourth-order valence-electron chi connectivity index (χ4n) is 2.20. The summed E-state index contributed by atoms with van der Waals surface area (Å²) >= 11 is 0. The van der Waals surface area contributed by atoms with Crippen molar-refractivity contribution >= 4 is 5.91 Å². The Balaban J connectivity index is 2.60. The Labute approximate surface area is 121 Å². The first-order chi connectivity index (χ1) is 9.54. The van der Waals surface area contributed by atoms with E-state index < -0.39 is 6.10 Å². The lowest BCUT2D eigenvalue weighted by atomic mass is 9.93. The number of carbonyl (C=O) groups is 1. The van der Waals surface area contributed by atoms with Crippen LogP contribution < -0.4 is 5.32 Å². The Hall–Kier alpha value is -1.39. The molecule has 0 aliphatic rings. The molecule has 0 bridgehead atoms. The van der Waals surface area contributed by atoms with Crippen molar-refractivity contribution in [1.29, 1.82) is 0 Å². The Morgan fingerprint density at radius 1 is 1.30 bits per heavy atom. The van der Waals surface area contributed by atoms with Crippen LogP contribution in [0.15, 0.2) is 30.3 Å². The largest absolute Gasteiger partial charge is 0.393 e. The van der Waals surface area contributed by atoms with Gasteiger partial charge in [0.15, 0.2) is 0 Å². The van der Waals surface area contributed by atoms with Crippen molar-refractivity contribution in [1.82, 2.24) is 5.32 Å². The molecule has 1 aromatic rings. The highest BCUT2D eigenvalue weighted by atomic mass is 16.5. The first-order valence-electron chi connectivity index (χ1n) is 7.04. The van der Waals surface area contributed by atoms with Gasteiger partial charge < -0.3 is 15.2 Å². The van der Waals surface area contributed by atoms with E-state index in [0.29, 0.717) is 19.6 Å². The third kappa shape index (κ3) is 5.72. The number of aliphatic hydroxyl groups excluding tert-OH is 1. The number of carbonyl (C=O) groups excluding carboxylic acids is 1. The van der Waals surface area contributed by atoms with Gasteiger partial charge in [-0.15, -0.1) is 0 Å². The molecule has 4 heteroatoms. The minimum Gasteiger partial charge on any atom is -0.393 e. The molecular weight excluding hydrogens is 254 g/mol. The number of rotatable bonds is 8. The molecular formula is C16H25NO3. The maximum absolute atomic E-state index is 11.9. The van der Waals surface area contributed by atoms with Crippen LogP contribution in [0.4, 0.5) is 0 Å². The van der Waals surface area contributed by atoms with Crippen LogP contribution in [0, 0.1) is 5.92 Å². The third-order valence-corrected chi connectivity index (χ3v) is 3.28. The van der Waals surface area contributed by atoms with Crippen LogP contribution in [0.25, 0.3) is 0 Å². The predicted octanol–water partition coefficient (Wildman–Crippen LogP) is 1.94. The molecule has 1 amide bonds. The number of aliphatic hydroxyl groups is 1. The molecule has 112 valence electrons. The second kappa shape index (κ2) is 8.72. The summed E-state index contributed by atoms with van der Waals surface area (Å²) in [6, 6.07) is 9.96. The van der Waals surface area contributed by atoms with Gasteiger partial charge in [-0.05, 0) is 18.9 Å². The van der Waals surface area contributed by atoms with Crippen molar-refractivity contribution < 1.29 is 14.6 Å². The normalized spacial score (nSPS) is 15.4. The number of amides is 1. The molecule has 2 N–H and O–H groups in total. The molecule has 1 rings (SSSR count). The molecule has 0 saturated heterocycles. The molecule has 20 heavy (non-hydrogen) atoms. The molecule has 1 aromatic carbocycles. The van der Waals surface area contributed by atoms with E-state index in [0.717, 1.165) is 5.56 Å². The second-order valence-electron chi connectivity index (χ2n) is 5.29. The van der Waals surface area contributed by atoms with Crippen LogP contribution in [0.5, 0.6) is 0 Å². The average molecular weight is 279 g/mol. The molecule has 4 nitrogen and oxygen atoms in total. The fourth-order valence-corrected chi connectivity index (χ4v) is 2.20. The summed E-state index contributed by atoms with van der Waals surface area (Å²) in [6.07, 6.45) is 0.233. The lowest BCUT2D eigenvalue weighted by Crippen LogP contribution is -2.35. The van der Waals surface area contributed by atoms with Gasteiger partial charge >= 0.3 is 0 Å². The topological polar surface area (TPSA) is 58.6 Å². The van der Waals surface area contributed by atoms with E-state index in [4.69, 9.17) is 4.74 Å². The van der Waals surface area contributed by atoms with E-state index in [9.17, 15) is 9.90 Å². The first-order valence-corrected chi connectivity index (χ1v) is 7.04. The molecule has 0 spiro atoms. The Bertz CT molecular complexity index is 392. The lowest BCUT2D eigenvalue weighted by molar-refractivity contribution is -0.126. The fraction of sp³-hybridized carbons (Fsp3) is 0.562. The maximum atomic E-state index is 11.9. The summed E-state index contributed by atoms with van der Waals surface area (Å²) in [4.78, 5) is 11.9. The highest BCUT2D eigenvalue weighted by Crippen LogP contribution is 2.20. The molecule has 0 aliphatic carbocycles. The van der Waals surface area contributed by atoms with Gasteiger partial charge in [-0.3, -0.25) is 4.79 Å². The average Bonchev–Trinajstić information content (AvgIpc) is 2.44. The van der Waals surface area contributed by atoms with Gasteiger partial charge in [-0.2, -0.15) is 0 Å². The van der Waals surface area contributed by atoms with E-state index >= 15 is 0 Å². The van der Waals surface area contributed by atoms with Gasteiger partial charge in [0, 0.05) is 19.6 Å². The zero-order valence-corrected chi connectivity index (χ0v) is 12.5. The van der Waals surface area contributed by atoms with Crippen molar-refractivity contribution in [3.63, 3.8) is 0 Å². The lowest BCUT2D eigenvalue weighted by Gasteiger charge is -2.21. The predicted molar refractivity (Wildman–Crippen MR) is 79.5 cm³/mol. The molecule has 0 fully saturated rings. The first kappa shape index (κ1) is 16.7. The smallest absolute Gasteiger partial charge is 0.225 e. The van der Waals surface area contributed by atoms with E-state index in [1.807, 2.05) is 37.3 Å². The molecule has 3 atom stereocenters. The van der Waals surface area contributed by atoms with Crippen LogP contribution in [0.1, 0.15) is 31.7 Å². The van der Waals surface area contributed by atoms with Gasteiger partial charge in [-0.1, -0.05) is 37.3 Å². The van der Waals surface area contributed by atoms with E-state index in [-0.39, 0.29) is 17.7 Å². The quantitative estimate of drug-likeness (QED) is 0.764. The molecule has 3 unspecified atom stereocenters. The molecule has 0 aromatic heterocycles. The van der Waals surface area contributed by atoms with E-state index in [2.05, 4.69) is 5.32 Å². The summed E-state index contributed by atoms with van der Waals surface area (Å²) in [5, 5.41) is 12.6. The molecule has 0 heterocycles. The van der Waals surface area contributed by atoms with E-state index in [1.54, 1.807) is 14.0 Å². The van der Waals surface area contributed by atoms with Crippen LogP contribution in [0.3, 0.4) is 0 Å². The Morgan fingerprint density at radius 2 is 1.95 bits per heavy atom. The Kier molecular flexibility index (Phi) is 7.26. The van der Waals surface area contributed by atoms with E-state index in [1.165, 1.54) is 0 Å². The summed E-state index contributed by atoms with van der Waals surface area (Å²) in [5.74, 6) is -0.0590. The SMILES string of the molecule is COCC(C)C(=O)NCC(CC(C)O)c1ccccc1. The van der Waals surface area contributed by atoms with Gasteiger partial charge in [0.05, 0.1) is 18.6 Å². The van der Waals surface area contributed by atoms with Gasteiger partial charge in [0.2, 0.25) is 5.91 Å². The maximum Gasteiger partial charge on any atom is 0.225 e. The van der Waals surface area contributed by atoms with Crippen LogP contribution in [0.2, 0.25) is 0 Å². The van der Waals surface area contributed by atoms with Crippen LogP contribution in [-0.2, 0) is 9.53 Å². The highest BCUT2D eigenvalue weighted by Gasteiger charge is 2.17. The standard InChI is InChI=1S/C16H25NO3/c1-12(11-20-3)16(19)17-10-15(9-13(2)18)14-7-5-4-6-8-14/h4-8,12-13,15,18H,9-11H2,1-3H3,(H,17,19). The molecule has 0 aliphatic heterocycles. The minimum atomic E-state index is -0.395.